The van der Waals surface area contributed by atoms with Gasteiger partial charge in [0.25, 0.3) is 0 Å². The van der Waals surface area contributed by atoms with Gasteiger partial charge in [-0.05, 0) is 12.8 Å². The van der Waals surface area contributed by atoms with Crippen molar-refractivity contribution in [1.82, 2.24) is 4.90 Å². The highest BCUT2D eigenvalue weighted by atomic mass is 79.9. The molecule has 0 aromatic rings. The van der Waals surface area contributed by atoms with E-state index < -0.39 is 0 Å². The van der Waals surface area contributed by atoms with Gasteiger partial charge in [0, 0.05) is 24.0 Å². The number of morpholine rings is 1. The van der Waals surface area contributed by atoms with E-state index in [4.69, 9.17) is 4.74 Å². The molecule has 76 valence electrons. The molecule has 0 saturated carbocycles. The van der Waals surface area contributed by atoms with Crippen molar-refractivity contribution < 1.29 is 9.84 Å². The summed E-state index contributed by atoms with van der Waals surface area (Å²) in [5.74, 6) is 0. The lowest BCUT2D eigenvalue weighted by Gasteiger charge is -2.35. The van der Waals surface area contributed by atoms with Crippen LogP contribution in [0.15, 0.2) is 0 Å². The molecule has 2 aliphatic heterocycles. The Labute approximate surface area is 87.2 Å². The highest BCUT2D eigenvalue weighted by molar-refractivity contribution is 9.09. The van der Waals surface area contributed by atoms with Crippen LogP contribution in [-0.4, -0.2) is 53.3 Å². The minimum Gasteiger partial charge on any atom is -0.391 e. The smallest absolute Gasteiger partial charge is 0.0764 e. The van der Waals surface area contributed by atoms with E-state index in [2.05, 4.69) is 20.8 Å². The van der Waals surface area contributed by atoms with E-state index in [1.165, 1.54) is 12.8 Å². The molecular weight excluding hydrogens is 234 g/mol. The van der Waals surface area contributed by atoms with Crippen molar-refractivity contribution in [2.75, 3.05) is 25.1 Å². The molecule has 0 aromatic heterocycles. The van der Waals surface area contributed by atoms with Crippen LogP contribution in [0.3, 0.4) is 0 Å². The molecule has 3 unspecified atom stereocenters. The number of aliphatic hydroxyl groups excluding tert-OH is 1. The first-order valence-electron chi connectivity index (χ1n) is 4.88. The molecule has 1 N–H and O–H groups in total. The van der Waals surface area contributed by atoms with E-state index in [1.807, 2.05) is 0 Å². The number of hydrogen-bond acceptors (Lipinski definition) is 3. The predicted molar refractivity (Wildman–Crippen MR) is 54.1 cm³/mol. The Bertz CT molecular complexity index is 163. The molecule has 3 nitrogen and oxygen atoms in total. The molecule has 0 radical (unpaired) electrons. The number of fused-ring (bicyclic) bond motifs is 2. The largest absolute Gasteiger partial charge is 0.391 e. The van der Waals surface area contributed by atoms with Gasteiger partial charge in [0.15, 0.2) is 0 Å². The summed E-state index contributed by atoms with van der Waals surface area (Å²) >= 11 is 3.29. The minimum absolute atomic E-state index is 0.235. The highest BCUT2D eigenvalue weighted by Gasteiger charge is 2.37. The molecule has 3 atom stereocenters. The third-order valence-corrected chi connectivity index (χ3v) is 3.74. The van der Waals surface area contributed by atoms with E-state index in [0.29, 0.717) is 17.4 Å². The SMILES string of the molecule is OC(CBr)CN1C2CCC1COC2. The highest BCUT2D eigenvalue weighted by Crippen LogP contribution is 2.28. The van der Waals surface area contributed by atoms with Gasteiger partial charge in [0.1, 0.15) is 0 Å². The summed E-state index contributed by atoms with van der Waals surface area (Å²) in [7, 11) is 0. The minimum atomic E-state index is -0.235. The third-order valence-electron chi connectivity index (χ3n) is 2.99. The fraction of sp³-hybridized carbons (Fsp3) is 1.00. The molecule has 13 heavy (non-hydrogen) atoms. The van der Waals surface area contributed by atoms with Crippen LogP contribution in [0.1, 0.15) is 12.8 Å². The summed E-state index contributed by atoms with van der Waals surface area (Å²) in [6.07, 6.45) is 2.24. The van der Waals surface area contributed by atoms with Crippen molar-refractivity contribution in [3.63, 3.8) is 0 Å². The van der Waals surface area contributed by atoms with Crippen LogP contribution in [-0.2, 0) is 4.74 Å². The monoisotopic (exact) mass is 249 g/mol. The molecule has 2 aliphatic rings. The summed E-state index contributed by atoms with van der Waals surface area (Å²) in [6.45, 7) is 2.50. The molecule has 2 fully saturated rings. The first-order chi connectivity index (χ1) is 6.31. The zero-order chi connectivity index (χ0) is 9.26. The molecule has 2 saturated heterocycles. The average Bonchev–Trinajstić information content (AvgIpc) is 2.41. The zero-order valence-corrected chi connectivity index (χ0v) is 9.24. The maximum Gasteiger partial charge on any atom is 0.0764 e. The summed E-state index contributed by atoms with van der Waals surface area (Å²) < 4.78 is 5.47. The Morgan fingerprint density at radius 2 is 2.00 bits per heavy atom. The van der Waals surface area contributed by atoms with E-state index in [0.717, 1.165) is 19.8 Å². The number of aliphatic hydroxyl groups is 1. The Kier molecular flexibility index (Phi) is 3.24. The Morgan fingerprint density at radius 1 is 1.38 bits per heavy atom. The molecule has 0 aliphatic carbocycles. The van der Waals surface area contributed by atoms with Crippen LogP contribution in [0.2, 0.25) is 0 Å². The van der Waals surface area contributed by atoms with Gasteiger partial charge in [-0.3, -0.25) is 4.90 Å². The number of halogens is 1. The molecule has 2 bridgehead atoms. The van der Waals surface area contributed by atoms with E-state index >= 15 is 0 Å². The first kappa shape index (κ1) is 9.90. The number of ether oxygens (including phenoxy) is 1. The molecule has 2 heterocycles. The average molecular weight is 250 g/mol. The summed E-state index contributed by atoms with van der Waals surface area (Å²) in [6, 6.07) is 1.12. The lowest BCUT2D eigenvalue weighted by atomic mass is 10.2. The summed E-state index contributed by atoms with van der Waals surface area (Å²) in [5, 5.41) is 10.2. The summed E-state index contributed by atoms with van der Waals surface area (Å²) in [5.41, 5.74) is 0. The van der Waals surface area contributed by atoms with Gasteiger partial charge in [0.2, 0.25) is 0 Å². The van der Waals surface area contributed by atoms with Crippen molar-refractivity contribution in [2.24, 2.45) is 0 Å². The van der Waals surface area contributed by atoms with Crippen molar-refractivity contribution in [2.45, 2.75) is 31.0 Å². The van der Waals surface area contributed by atoms with Crippen molar-refractivity contribution in [1.29, 1.82) is 0 Å². The van der Waals surface area contributed by atoms with E-state index in [9.17, 15) is 5.11 Å². The van der Waals surface area contributed by atoms with Gasteiger partial charge in [-0.25, -0.2) is 0 Å². The van der Waals surface area contributed by atoms with Crippen molar-refractivity contribution in [3.05, 3.63) is 0 Å². The van der Waals surface area contributed by atoms with Crippen LogP contribution in [0.25, 0.3) is 0 Å². The fourth-order valence-electron chi connectivity index (χ4n) is 2.30. The lowest BCUT2D eigenvalue weighted by Crippen LogP contribution is -2.49. The normalized spacial score (nSPS) is 36.5. The number of rotatable bonds is 3. The van der Waals surface area contributed by atoms with Gasteiger partial charge < -0.3 is 9.84 Å². The predicted octanol–water partition coefficient (Wildman–Crippen LogP) is 0.605. The zero-order valence-electron chi connectivity index (χ0n) is 7.66. The maximum atomic E-state index is 9.54. The van der Waals surface area contributed by atoms with Crippen LogP contribution in [0, 0.1) is 0 Å². The van der Waals surface area contributed by atoms with Crippen molar-refractivity contribution in [3.8, 4) is 0 Å². The molecule has 0 spiro atoms. The van der Waals surface area contributed by atoms with Crippen LogP contribution in [0.5, 0.6) is 0 Å². The maximum absolute atomic E-state index is 9.54. The lowest BCUT2D eigenvalue weighted by molar-refractivity contribution is -0.0298. The first-order valence-corrected chi connectivity index (χ1v) is 6.01. The molecule has 0 aromatic carbocycles. The van der Waals surface area contributed by atoms with Gasteiger partial charge in [-0.2, -0.15) is 0 Å². The number of hydrogen-bond donors (Lipinski definition) is 1. The van der Waals surface area contributed by atoms with Crippen molar-refractivity contribution >= 4 is 15.9 Å². The fourth-order valence-corrected chi connectivity index (χ4v) is 2.51. The van der Waals surface area contributed by atoms with Gasteiger partial charge in [-0.15, -0.1) is 0 Å². The Hall–Kier alpha value is 0.360. The molecular formula is C9H16BrNO2. The van der Waals surface area contributed by atoms with Gasteiger partial charge in [-0.1, -0.05) is 15.9 Å². The molecule has 2 rings (SSSR count). The third kappa shape index (κ3) is 2.06. The second-order valence-electron chi connectivity index (χ2n) is 3.93. The topological polar surface area (TPSA) is 32.7 Å². The standard InChI is InChI=1S/C9H16BrNO2/c10-3-9(12)4-11-7-1-2-8(11)6-13-5-7/h7-9,12H,1-6H2. The van der Waals surface area contributed by atoms with Crippen LogP contribution < -0.4 is 0 Å². The van der Waals surface area contributed by atoms with Crippen LogP contribution >= 0.6 is 15.9 Å². The molecule has 4 heteroatoms. The van der Waals surface area contributed by atoms with E-state index in [-0.39, 0.29) is 6.10 Å². The second-order valence-corrected chi connectivity index (χ2v) is 4.57. The Balaban J connectivity index is 1.91. The van der Waals surface area contributed by atoms with Gasteiger partial charge >= 0.3 is 0 Å². The number of nitrogens with zero attached hydrogens (tertiary/aromatic N) is 1. The summed E-state index contributed by atoms with van der Waals surface area (Å²) in [4.78, 5) is 2.41. The Morgan fingerprint density at radius 3 is 2.54 bits per heavy atom. The van der Waals surface area contributed by atoms with Crippen LogP contribution in [0.4, 0.5) is 0 Å². The van der Waals surface area contributed by atoms with Gasteiger partial charge in [0.05, 0.1) is 19.3 Å². The van der Waals surface area contributed by atoms with E-state index in [1.54, 1.807) is 0 Å². The quantitative estimate of drug-likeness (QED) is 0.745. The number of alkyl halides is 1. The molecule has 0 amide bonds. The second kappa shape index (κ2) is 4.26.